The number of carbonyl (C=O) groups is 1. The lowest BCUT2D eigenvalue weighted by atomic mass is 10.0. The fourth-order valence-corrected chi connectivity index (χ4v) is 4.39. The van der Waals surface area contributed by atoms with Crippen LogP contribution in [0, 0.1) is 0 Å². The van der Waals surface area contributed by atoms with Crippen LogP contribution in [0.4, 0.5) is 0 Å². The summed E-state index contributed by atoms with van der Waals surface area (Å²) in [6.07, 6.45) is 5.62. The quantitative estimate of drug-likeness (QED) is 0.917. The number of aryl methyl sites for hydroxylation is 1. The number of nitrogens with one attached hydrogen (secondary N) is 1. The van der Waals surface area contributed by atoms with Gasteiger partial charge >= 0.3 is 0 Å². The molecule has 2 aliphatic heterocycles. The number of benzene rings is 1. The third kappa shape index (κ3) is 3.79. The Morgan fingerprint density at radius 1 is 1.23 bits per heavy atom. The van der Waals surface area contributed by atoms with Crippen LogP contribution >= 0.6 is 0 Å². The van der Waals surface area contributed by atoms with Crippen LogP contribution in [-0.4, -0.2) is 65.6 Å². The smallest absolute Gasteiger partial charge is 0.223 e. The Kier molecular flexibility index (Phi) is 5.27. The largest absolute Gasteiger partial charge is 0.381 e. The highest BCUT2D eigenvalue weighted by molar-refractivity contribution is 5.80. The highest BCUT2D eigenvalue weighted by Gasteiger charge is 2.31. The maximum atomic E-state index is 12.8. The van der Waals surface area contributed by atoms with Gasteiger partial charge in [0, 0.05) is 63.1 Å². The predicted molar refractivity (Wildman–Crippen MR) is 103 cm³/mol. The summed E-state index contributed by atoms with van der Waals surface area (Å²) < 4.78 is 5.48. The lowest BCUT2D eigenvalue weighted by Crippen LogP contribution is -2.57. The van der Waals surface area contributed by atoms with Gasteiger partial charge in [-0.25, -0.2) is 0 Å². The number of hydrogen-bond acceptors (Lipinski definition) is 3. The molecule has 1 aromatic carbocycles. The number of H-pyrrole nitrogens is 1. The third-order valence-electron chi connectivity index (χ3n) is 5.93. The highest BCUT2D eigenvalue weighted by atomic mass is 16.5. The van der Waals surface area contributed by atoms with Gasteiger partial charge in [0.1, 0.15) is 0 Å². The Morgan fingerprint density at radius 3 is 2.88 bits per heavy atom. The summed E-state index contributed by atoms with van der Waals surface area (Å²) in [5.41, 5.74) is 2.39. The first-order valence-corrected chi connectivity index (χ1v) is 9.88. The molecule has 1 atom stereocenters. The lowest BCUT2D eigenvalue weighted by molar-refractivity contribution is -0.136. The fourth-order valence-electron chi connectivity index (χ4n) is 4.39. The van der Waals surface area contributed by atoms with E-state index in [1.807, 2.05) is 6.20 Å². The van der Waals surface area contributed by atoms with Gasteiger partial charge in [0.15, 0.2) is 0 Å². The molecule has 140 valence electrons. The first kappa shape index (κ1) is 17.6. The number of hydrogen-bond donors (Lipinski definition) is 1. The Hall–Kier alpha value is -1.85. The number of piperazine rings is 1. The van der Waals surface area contributed by atoms with E-state index in [9.17, 15) is 4.79 Å². The molecule has 2 fully saturated rings. The number of ether oxygens (including phenoxy) is 1. The van der Waals surface area contributed by atoms with Crippen LogP contribution in [0.2, 0.25) is 0 Å². The Morgan fingerprint density at radius 2 is 2.08 bits per heavy atom. The number of rotatable bonds is 4. The van der Waals surface area contributed by atoms with Crippen molar-refractivity contribution in [3.05, 3.63) is 36.0 Å². The van der Waals surface area contributed by atoms with Crippen molar-refractivity contribution >= 4 is 16.8 Å². The molecule has 3 heterocycles. The van der Waals surface area contributed by atoms with Crippen LogP contribution < -0.4 is 0 Å². The molecule has 0 unspecified atom stereocenters. The molecule has 1 N–H and O–H groups in total. The summed E-state index contributed by atoms with van der Waals surface area (Å²) in [6.45, 7) is 6.79. The molecular formula is C21H29N3O2. The Bertz CT molecular complexity index is 751. The van der Waals surface area contributed by atoms with Crippen molar-refractivity contribution < 1.29 is 9.53 Å². The topological polar surface area (TPSA) is 48.6 Å². The average Bonchev–Trinajstić information content (AvgIpc) is 3.14. The lowest BCUT2D eigenvalue weighted by Gasteiger charge is -2.44. The number of aromatic amines is 1. The average molecular weight is 355 g/mol. The van der Waals surface area contributed by atoms with Gasteiger partial charge in [0.05, 0.1) is 0 Å². The van der Waals surface area contributed by atoms with Gasteiger partial charge in [-0.05, 0) is 55.3 Å². The van der Waals surface area contributed by atoms with E-state index in [1.54, 1.807) is 0 Å². The van der Waals surface area contributed by atoms with Gasteiger partial charge in [0.25, 0.3) is 0 Å². The summed E-state index contributed by atoms with van der Waals surface area (Å²) in [4.78, 5) is 20.6. The zero-order valence-corrected chi connectivity index (χ0v) is 15.6. The minimum Gasteiger partial charge on any atom is -0.381 e. The van der Waals surface area contributed by atoms with E-state index in [1.165, 1.54) is 10.9 Å². The molecule has 0 radical (unpaired) electrons. The molecule has 0 saturated carbocycles. The van der Waals surface area contributed by atoms with Crippen molar-refractivity contribution in [2.75, 3.05) is 32.8 Å². The van der Waals surface area contributed by atoms with Crippen molar-refractivity contribution in [1.82, 2.24) is 14.8 Å². The van der Waals surface area contributed by atoms with E-state index in [0.29, 0.717) is 24.4 Å². The minimum atomic E-state index is 0.290. The molecule has 2 aromatic rings. The standard InChI is InChI=1S/C21H29N3O2/c1-16-15-23(19-7-12-26-13-8-19)10-11-24(16)21(25)5-3-17-2-4-20-18(14-17)6-9-22-20/h2,4,6,9,14,16,19,22H,3,5,7-8,10-13,15H2,1H3/t16-/m1/s1. The summed E-state index contributed by atoms with van der Waals surface area (Å²) in [6, 6.07) is 9.43. The molecule has 1 amide bonds. The van der Waals surface area contributed by atoms with E-state index in [0.717, 1.165) is 57.6 Å². The third-order valence-corrected chi connectivity index (χ3v) is 5.93. The molecule has 26 heavy (non-hydrogen) atoms. The summed E-state index contributed by atoms with van der Waals surface area (Å²) in [7, 11) is 0. The van der Waals surface area contributed by atoms with E-state index < -0.39 is 0 Å². The van der Waals surface area contributed by atoms with Gasteiger partial charge in [-0.1, -0.05) is 6.07 Å². The van der Waals surface area contributed by atoms with Crippen LogP contribution in [0.5, 0.6) is 0 Å². The fraction of sp³-hybridized carbons (Fsp3) is 0.571. The predicted octanol–water partition coefficient (Wildman–Crippen LogP) is 2.81. The zero-order chi connectivity index (χ0) is 17.9. The van der Waals surface area contributed by atoms with Gasteiger partial charge in [-0.15, -0.1) is 0 Å². The summed E-state index contributed by atoms with van der Waals surface area (Å²) >= 11 is 0. The molecule has 2 aliphatic rings. The normalized spacial score (nSPS) is 22.8. The van der Waals surface area contributed by atoms with Crippen LogP contribution in [0.15, 0.2) is 30.5 Å². The molecule has 1 aromatic heterocycles. The van der Waals surface area contributed by atoms with Crippen LogP contribution in [0.25, 0.3) is 10.9 Å². The number of fused-ring (bicyclic) bond motifs is 1. The van der Waals surface area contributed by atoms with Crippen molar-refractivity contribution in [2.45, 2.75) is 44.7 Å². The van der Waals surface area contributed by atoms with Crippen molar-refractivity contribution in [3.8, 4) is 0 Å². The second-order valence-electron chi connectivity index (χ2n) is 7.67. The second-order valence-corrected chi connectivity index (χ2v) is 7.67. The monoisotopic (exact) mass is 355 g/mol. The van der Waals surface area contributed by atoms with E-state index in [2.05, 4.69) is 46.0 Å². The molecule has 2 saturated heterocycles. The number of carbonyl (C=O) groups excluding carboxylic acids is 1. The van der Waals surface area contributed by atoms with E-state index in [4.69, 9.17) is 4.74 Å². The molecule has 0 bridgehead atoms. The minimum absolute atomic E-state index is 0.290. The SMILES string of the molecule is C[C@@H]1CN(C2CCOCC2)CCN1C(=O)CCc1ccc2[nH]ccc2c1. The van der Waals surface area contributed by atoms with Crippen LogP contribution in [0.3, 0.4) is 0 Å². The molecule has 5 nitrogen and oxygen atoms in total. The number of nitrogens with zero attached hydrogens (tertiary/aromatic N) is 2. The maximum Gasteiger partial charge on any atom is 0.223 e. The molecule has 0 spiro atoms. The van der Waals surface area contributed by atoms with E-state index in [-0.39, 0.29) is 0 Å². The summed E-state index contributed by atoms with van der Waals surface area (Å²) in [5.74, 6) is 0.290. The Labute approximate surface area is 155 Å². The molecule has 0 aliphatic carbocycles. The van der Waals surface area contributed by atoms with Crippen molar-refractivity contribution in [1.29, 1.82) is 0 Å². The van der Waals surface area contributed by atoms with Crippen molar-refractivity contribution in [3.63, 3.8) is 0 Å². The highest BCUT2D eigenvalue weighted by Crippen LogP contribution is 2.21. The first-order chi connectivity index (χ1) is 12.7. The van der Waals surface area contributed by atoms with Gasteiger partial charge in [-0.3, -0.25) is 9.69 Å². The van der Waals surface area contributed by atoms with Gasteiger partial charge in [0.2, 0.25) is 5.91 Å². The summed E-state index contributed by atoms with van der Waals surface area (Å²) in [5, 5.41) is 1.22. The molecule has 4 rings (SSSR count). The van der Waals surface area contributed by atoms with Gasteiger partial charge in [-0.2, -0.15) is 0 Å². The van der Waals surface area contributed by atoms with Crippen LogP contribution in [0.1, 0.15) is 31.7 Å². The molecular weight excluding hydrogens is 326 g/mol. The zero-order valence-electron chi connectivity index (χ0n) is 15.6. The van der Waals surface area contributed by atoms with Crippen LogP contribution in [-0.2, 0) is 16.0 Å². The van der Waals surface area contributed by atoms with Gasteiger partial charge < -0.3 is 14.6 Å². The Balaban J connectivity index is 1.30. The number of aromatic nitrogens is 1. The van der Waals surface area contributed by atoms with Crippen molar-refractivity contribution in [2.24, 2.45) is 0 Å². The maximum absolute atomic E-state index is 12.8. The second kappa shape index (κ2) is 7.80. The van der Waals surface area contributed by atoms with E-state index >= 15 is 0 Å². The molecule has 5 heteroatoms. The first-order valence-electron chi connectivity index (χ1n) is 9.88. The number of amides is 1.